The molecule has 18 heavy (non-hydrogen) atoms. The normalized spacial score (nSPS) is 10.3. The number of halogens is 1. The summed E-state index contributed by atoms with van der Waals surface area (Å²) in [6.07, 6.45) is 2.83. The SMILES string of the molecule is CCc1cn[nH]c1NC(=O)Cc1cccc(Cl)c1. The maximum absolute atomic E-state index is 11.9. The van der Waals surface area contributed by atoms with E-state index in [-0.39, 0.29) is 5.91 Å². The van der Waals surface area contributed by atoms with Gasteiger partial charge in [-0.05, 0) is 24.1 Å². The van der Waals surface area contributed by atoms with E-state index in [1.165, 1.54) is 0 Å². The van der Waals surface area contributed by atoms with Gasteiger partial charge in [-0.25, -0.2) is 0 Å². The first kappa shape index (κ1) is 12.6. The van der Waals surface area contributed by atoms with E-state index in [1.807, 2.05) is 19.1 Å². The van der Waals surface area contributed by atoms with E-state index < -0.39 is 0 Å². The average Bonchev–Trinajstić information content (AvgIpc) is 2.76. The van der Waals surface area contributed by atoms with Gasteiger partial charge in [0.05, 0.1) is 12.6 Å². The van der Waals surface area contributed by atoms with Crippen LogP contribution in [0.3, 0.4) is 0 Å². The highest BCUT2D eigenvalue weighted by atomic mass is 35.5. The molecule has 0 atom stereocenters. The second-order valence-electron chi connectivity index (χ2n) is 3.98. The third kappa shape index (κ3) is 3.11. The first-order chi connectivity index (χ1) is 8.69. The number of carbonyl (C=O) groups is 1. The fraction of sp³-hybridized carbons (Fsp3) is 0.231. The van der Waals surface area contributed by atoms with Gasteiger partial charge in [0, 0.05) is 10.6 Å². The van der Waals surface area contributed by atoms with Crippen LogP contribution in [0, 0.1) is 0 Å². The van der Waals surface area contributed by atoms with Crippen LogP contribution in [0.2, 0.25) is 5.02 Å². The Bertz CT molecular complexity index is 551. The van der Waals surface area contributed by atoms with Crippen molar-refractivity contribution in [1.82, 2.24) is 10.2 Å². The van der Waals surface area contributed by atoms with Crippen molar-refractivity contribution in [3.05, 3.63) is 46.6 Å². The standard InChI is InChI=1S/C13H14ClN3O/c1-2-10-8-15-17-13(10)16-12(18)7-9-4-3-5-11(14)6-9/h3-6,8H,2,7H2,1H3,(H2,15,16,17,18). The zero-order valence-corrected chi connectivity index (χ0v) is 10.8. The van der Waals surface area contributed by atoms with Crippen molar-refractivity contribution in [3.8, 4) is 0 Å². The lowest BCUT2D eigenvalue weighted by molar-refractivity contribution is -0.115. The number of aromatic amines is 1. The summed E-state index contributed by atoms with van der Waals surface area (Å²) in [7, 11) is 0. The monoisotopic (exact) mass is 263 g/mol. The number of carbonyl (C=O) groups excluding carboxylic acids is 1. The summed E-state index contributed by atoms with van der Waals surface area (Å²) in [5.74, 6) is 0.584. The number of aryl methyl sites for hydroxylation is 1. The van der Waals surface area contributed by atoms with Crippen LogP contribution in [0.4, 0.5) is 5.82 Å². The van der Waals surface area contributed by atoms with Crippen LogP contribution < -0.4 is 5.32 Å². The molecule has 0 fully saturated rings. The van der Waals surface area contributed by atoms with Crippen LogP contribution >= 0.6 is 11.6 Å². The molecular formula is C13H14ClN3O. The predicted octanol–water partition coefficient (Wildman–Crippen LogP) is 2.81. The van der Waals surface area contributed by atoms with Gasteiger partial charge in [0.15, 0.2) is 0 Å². The Balaban J connectivity index is 2.01. The number of aromatic nitrogens is 2. The van der Waals surface area contributed by atoms with Gasteiger partial charge < -0.3 is 5.32 Å². The molecule has 1 heterocycles. The van der Waals surface area contributed by atoms with E-state index in [2.05, 4.69) is 15.5 Å². The second-order valence-corrected chi connectivity index (χ2v) is 4.42. The number of hydrogen-bond acceptors (Lipinski definition) is 2. The van der Waals surface area contributed by atoms with Crippen LogP contribution in [0.25, 0.3) is 0 Å². The van der Waals surface area contributed by atoms with Crippen LogP contribution in [-0.4, -0.2) is 16.1 Å². The third-order valence-electron chi connectivity index (χ3n) is 2.62. The first-order valence-corrected chi connectivity index (χ1v) is 6.13. The summed E-state index contributed by atoms with van der Waals surface area (Å²) in [4.78, 5) is 11.9. The van der Waals surface area contributed by atoms with E-state index in [0.717, 1.165) is 17.5 Å². The molecule has 0 aliphatic carbocycles. The summed E-state index contributed by atoms with van der Waals surface area (Å²) < 4.78 is 0. The van der Waals surface area contributed by atoms with Crippen molar-refractivity contribution >= 4 is 23.3 Å². The average molecular weight is 264 g/mol. The number of benzene rings is 1. The molecule has 4 nitrogen and oxygen atoms in total. The second kappa shape index (κ2) is 5.69. The Morgan fingerprint density at radius 2 is 2.33 bits per heavy atom. The van der Waals surface area contributed by atoms with Gasteiger partial charge in [-0.3, -0.25) is 9.89 Å². The Morgan fingerprint density at radius 1 is 1.50 bits per heavy atom. The van der Waals surface area contributed by atoms with Gasteiger partial charge in [0.1, 0.15) is 5.82 Å². The molecule has 0 aliphatic rings. The summed E-state index contributed by atoms with van der Waals surface area (Å²) in [5, 5.41) is 10.1. The largest absolute Gasteiger partial charge is 0.311 e. The van der Waals surface area contributed by atoms with Crippen LogP contribution in [-0.2, 0) is 17.6 Å². The molecule has 2 aromatic rings. The minimum atomic E-state index is -0.0868. The van der Waals surface area contributed by atoms with E-state index in [1.54, 1.807) is 18.3 Å². The van der Waals surface area contributed by atoms with Gasteiger partial charge in [-0.2, -0.15) is 5.10 Å². The van der Waals surface area contributed by atoms with Crippen molar-refractivity contribution in [1.29, 1.82) is 0 Å². The number of H-pyrrole nitrogens is 1. The lowest BCUT2D eigenvalue weighted by Gasteiger charge is -2.05. The number of anilines is 1. The number of nitrogens with zero attached hydrogens (tertiary/aromatic N) is 1. The Kier molecular flexibility index (Phi) is 3.99. The molecule has 0 unspecified atom stereocenters. The molecule has 1 aromatic carbocycles. The minimum Gasteiger partial charge on any atom is -0.311 e. The van der Waals surface area contributed by atoms with Crippen LogP contribution in [0.1, 0.15) is 18.1 Å². The highest BCUT2D eigenvalue weighted by molar-refractivity contribution is 6.30. The number of rotatable bonds is 4. The van der Waals surface area contributed by atoms with Crippen molar-refractivity contribution in [2.24, 2.45) is 0 Å². The number of amides is 1. The highest BCUT2D eigenvalue weighted by Gasteiger charge is 2.08. The summed E-state index contributed by atoms with van der Waals surface area (Å²) >= 11 is 5.87. The molecule has 0 bridgehead atoms. The maximum Gasteiger partial charge on any atom is 0.229 e. The third-order valence-corrected chi connectivity index (χ3v) is 2.85. The summed E-state index contributed by atoms with van der Waals surface area (Å²) in [6, 6.07) is 7.28. The van der Waals surface area contributed by atoms with Crippen molar-refractivity contribution in [2.45, 2.75) is 19.8 Å². The van der Waals surface area contributed by atoms with Gasteiger partial charge in [-0.15, -0.1) is 0 Å². The number of hydrogen-bond donors (Lipinski definition) is 2. The predicted molar refractivity (Wildman–Crippen MR) is 71.8 cm³/mol. The molecule has 5 heteroatoms. The lowest BCUT2D eigenvalue weighted by atomic mass is 10.1. The van der Waals surface area contributed by atoms with Crippen LogP contribution in [0.15, 0.2) is 30.5 Å². The first-order valence-electron chi connectivity index (χ1n) is 5.75. The maximum atomic E-state index is 11.9. The Morgan fingerprint density at radius 3 is 3.06 bits per heavy atom. The summed E-state index contributed by atoms with van der Waals surface area (Å²) in [6.45, 7) is 2.01. The Hall–Kier alpha value is -1.81. The van der Waals surface area contributed by atoms with E-state index in [0.29, 0.717) is 17.3 Å². The quantitative estimate of drug-likeness (QED) is 0.891. The van der Waals surface area contributed by atoms with Crippen molar-refractivity contribution in [3.63, 3.8) is 0 Å². The molecule has 2 rings (SSSR count). The molecule has 2 N–H and O–H groups in total. The van der Waals surface area contributed by atoms with E-state index in [9.17, 15) is 4.79 Å². The van der Waals surface area contributed by atoms with Gasteiger partial charge in [0.2, 0.25) is 5.91 Å². The van der Waals surface area contributed by atoms with E-state index in [4.69, 9.17) is 11.6 Å². The van der Waals surface area contributed by atoms with Gasteiger partial charge >= 0.3 is 0 Å². The topological polar surface area (TPSA) is 57.8 Å². The smallest absolute Gasteiger partial charge is 0.229 e. The zero-order valence-electron chi connectivity index (χ0n) is 10.0. The Labute approximate surface area is 110 Å². The molecule has 1 amide bonds. The lowest BCUT2D eigenvalue weighted by Crippen LogP contribution is -2.15. The fourth-order valence-electron chi connectivity index (χ4n) is 1.70. The summed E-state index contributed by atoms with van der Waals surface area (Å²) in [5.41, 5.74) is 1.88. The van der Waals surface area contributed by atoms with E-state index >= 15 is 0 Å². The molecule has 0 aliphatic heterocycles. The molecular weight excluding hydrogens is 250 g/mol. The van der Waals surface area contributed by atoms with Crippen LogP contribution in [0.5, 0.6) is 0 Å². The minimum absolute atomic E-state index is 0.0868. The molecule has 1 aromatic heterocycles. The molecule has 0 saturated heterocycles. The van der Waals surface area contributed by atoms with Gasteiger partial charge in [-0.1, -0.05) is 30.7 Å². The zero-order chi connectivity index (χ0) is 13.0. The number of nitrogens with one attached hydrogen (secondary N) is 2. The molecule has 0 radical (unpaired) electrons. The van der Waals surface area contributed by atoms with Crippen molar-refractivity contribution in [2.75, 3.05) is 5.32 Å². The molecule has 0 saturated carbocycles. The van der Waals surface area contributed by atoms with Gasteiger partial charge in [0.25, 0.3) is 0 Å². The highest BCUT2D eigenvalue weighted by Crippen LogP contribution is 2.14. The molecule has 0 spiro atoms. The molecule has 94 valence electrons. The van der Waals surface area contributed by atoms with Crippen molar-refractivity contribution < 1.29 is 4.79 Å². The fourth-order valence-corrected chi connectivity index (χ4v) is 1.92.